The molecule has 0 amide bonds. The normalized spacial score (nSPS) is 16.1. The molecule has 0 spiro atoms. The maximum Gasteiger partial charge on any atom is 0.417 e. The van der Waals surface area contributed by atoms with Crippen LogP contribution in [0.1, 0.15) is 31.7 Å². The van der Waals surface area contributed by atoms with E-state index in [1.165, 1.54) is 0 Å². The van der Waals surface area contributed by atoms with E-state index in [-0.39, 0.29) is 5.88 Å². The van der Waals surface area contributed by atoms with Crippen molar-refractivity contribution in [1.82, 2.24) is 10.0 Å². The summed E-state index contributed by atoms with van der Waals surface area (Å²) in [6.07, 6.45) is -1.40. The zero-order valence-corrected chi connectivity index (χ0v) is 15.8. The number of carbonyl (C=O) groups is 1. The minimum atomic E-state index is -4.45. The van der Waals surface area contributed by atoms with Crippen molar-refractivity contribution in [2.24, 2.45) is 0 Å². The summed E-state index contributed by atoms with van der Waals surface area (Å²) in [5.74, 6) is 0.361. The molecule has 2 heterocycles. The molecule has 1 fully saturated rings. The average Bonchev–Trinajstić information content (AvgIpc) is 2.70. The van der Waals surface area contributed by atoms with E-state index in [1.54, 1.807) is 36.3 Å². The van der Waals surface area contributed by atoms with Crippen molar-refractivity contribution in [3.8, 4) is 17.4 Å². The highest BCUT2D eigenvalue weighted by atomic mass is 19.4. The van der Waals surface area contributed by atoms with Crippen LogP contribution >= 0.6 is 0 Å². The predicted molar refractivity (Wildman–Crippen MR) is 97.4 cm³/mol. The summed E-state index contributed by atoms with van der Waals surface area (Å²) in [7, 11) is 0. The molecule has 6 nitrogen and oxygen atoms in total. The largest absolute Gasteiger partial charge is 0.479 e. The summed E-state index contributed by atoms with van der Waals surface area (Å²) in [5, 5.41) is 1.65. The van der Waals surface area contributed by atoms with Crippen molar-refractivity contribution in [1.29, 1.82) is 0 Å². The fraction of sp³-hybridized carbons (Fsp3) is 0.400. The number of piperidine rings is 1. The molecule has 1 saturated heterocycles. The van der Waals surface area contributed by atoms with Gasteiger partial charge in [0, 0.05) is 25.4 Å². The van der Waals surface area contributed by atoms with E-state index in [4.69, 9.17) is 14.3 Å². The van der Waals surface area contributed by atoms with E-state index < -0.39 is 23.8 Å². The number of nitrogens with zero attached hydrogens (tertiary/aromatic N) is 2. The molecule has 1 aliphatic heterocycles. The van der Waals surface area contributed by atoms with Gasteiger partial charge >= 0.3 is 12.1 Å². The molecule has 29 heavy (non-hydrogen) atoms. The maximum atomic E-state index is 12.6. The van der Waals surface area contributed by atoms with Gasteiger partial charge in [-0.1, -0.05) is 6.42 Å². The second kappa shape index (κ2) is 9.13. The molecular weight excluding hydrogens is 389 g/mol. The van der Waals surface area contributed by atoms with Crippen LogP contribution in [-0.2, 0) is 15.8 Å². The highest BCUT2D eigenvalue weighted by molar-refractivity contribution is 5.74. The lowest BCUT2D eigenvalue weighted by atomic mass is 10.2. The van der Waals surface area contributed by atoms with Gasteiger partial charge in [-0.2, -0.15) is 13.2 Å². The molecule has 0 aliphatic carbocycles. The van der Waals surface area contributed by atoms with Crippen LogP contribution in [0.3, 0.4) is 0 Å². The molecule has 9 heteroatoms. The zero-order valence-electron chi connectivity index (χ0n) is 15.8. The van der Waals surface area contributed by atoms with Crippen molar-refractivity contribution < 1.29 is 32.3 Å². The molecule has 3 rings (SSSR count). The van der Waals surface area contributed by atoms with Gasteiger partial charge in [0.25, 0.3) is 0 Å². The summed E-state index contributed by atoms with van der Waals surface area (Å²) >= 11 is 0. The number of hydrogen-bond acceptors (Lipinski definition) is 6. The molecule has 1 unspecified atom stereocenters. The third kappa shape index (κ3) is 6.08. The first kappa shape index (κ1) is 20.9. The zero-order chi connectivity index (χ0) is 20.9. The van der Waals surface area contributed by atoms with Gasteiger partial charge in [-0.15, -0.1) is 5.06 Å². The van der Waals surface area contributed by atoms with Gasteiger partial charge in [-0.3, -0.25) is 0 Å². The molecule has 1 aromatic carbocycles. The molecule has 0 radical (unpaired) electrons. The second-order valence-corrected chi connectivity index (χ2v) is 6.62. The fourth-order valence-electron chi connectivity index (χ4n) is 2.73. The quantitative estimate of drug-likeness (QED) is 0.694. The molecule has 1 atom stereocenters. The average molecular weight is 410 g/mol. The Morgan fingerprint density at radius 3 is 2.28 bits per heavy atom. The number of benzene rings is 1. The minimum Gasteiger partial charge on any atom is -0.479 e. The second-order valence-electron chi connectivity index (χ2n) is 6.62. The SMILES string of the molecule is CC(Oc1ccc(Oc2ccc(C(F)(F)F)cn2)cc1)C(=O)ON1CCCCC1. The number of hydrogen-bond donors (Lipinski definition) is 0. The number of alkyl halides is 3. The Morgan fingerprint density at radius 1 is 1.03 bits per heavy atom. The number of pyridine rings is 1. The molecule has 0 saturated carbocycles. The summed E-state index contributed by atoms with van der Waals surface area (Å²) in [6.45, 7) is 3.05. The van der Waals surface area contributed by atoms with Crippen LogP contribution in [0.2, 0.25) is 0 Å². The van der Waals surface area contributed by atoms with Crippen molar-refractivity contribution in [3.05, 3.63) is 48.2 Å². The molecule has 0 bridgehead atoms. The third-order valence-electron chi connectivity index (χ3n) is 4.29. The number of ether oxygens (including phenoxy) is 2. The van der Waals surface area contributed by atoms with Gasteiger partial charge in [-0.05, 0) is 50.1 Å². The Kier molecular flexibility index (Phi) is 6.58. The lowest BCUT2D eigenvalue weighted by molar-refractivity contribution is -0.201. The lowest BCUT2D eigenvalue weighted by Gasteiger charge is -2.26. The van der Waals surface area contributed by atoms with E-state index in [0.29, 0.717) is 17.7 Å². The molecular formula is C20H21F3N2O4. The van der Waals surface area contributed by atoms with Crippen LogP contribution in [0, 0.1) is 0 Å². The van der Waals surface area contributed by atoms with Crippen molar-refractivity contribution in [2.75, 3.05) is 13.1 Å². The maximum absolute atomic E-state index is 12.6. The number of rotatable bonds is 6. The van der Waals surface area contributed by atoms with Crippen LogP contribution in [0.5, 0.6) is 17.4 Å². The smallest absolute Gasteiger partial charge is 0.417 e. The van der Waals surface area contributed by atoms with Crippen LogP contribution in [0.25, 0.3) is 0 Å². The molecule has 156 valence electrons. The van der Waals surface area contributed by atoms with E-state index in [1.807, 2.05) is 0 Å². The third-order valence-corrected chi connectivity index (χ3v) is 4.29. The highest BCUT2D eigenvalue weighted by Gasteiger charge is 2.30. The Labute approximate surface area is 166 Å². The minimum absolute atomic E-state index is 0.0325. The Bertz CT molecular complexity index is 804. The first-order valence-electron chi connectivity index (χ1n) is 9.26. The van der Waals surface area contributed by atoms with Gasteiger partial charge in [-0.25, -0.2) is 9.78 Å². The van der Waals surface area contributed by atoms with Crippen LogP contribution < -0.4 is 9.47 Å². The lowest BCUT2D eigenvalue weighted by Crippen LogP contribution is -2.37. The van der Waals surface area contributed by atoms with Gasteiger partial charge < -0.3 is 14.3 Å². The number of hydroxylamine groups is 2. The van der Waals surface area contributed by atoms with Crippen LogP contribution in [0.4, 0.5) is 13.2 Å². The fourth-order valence-corrected chi connectivity index (χ4v) is 2.73. The summed E-state index contributed by atoms with van der Waals surface area (Å²) in [6, 6.07) is 8.35. The van der Waals surface area contributed by atoms with E-state index in [2.05, 4.69) is 4.98 Å². The van der Waals surface area contributed by atoms with Gasteiger partial charge in [0.2, 0.25) is 5.88 Å². The van der Waals surface area contributed by atoms with Crippen molar-refractivity contribution in [3.63, 3.8) is 0 Å². The van der Waals surface area contributed by atoms with Crippen LogP contribution in [-0.4, -0.2) is 35.2 Å². The first-order chi connectivity index (χ1) is 13.8. The Morgan fingerprint density at radius 2 is 1.69 bits per heavy atom. The topological polar surface area (TPSA) is 60.9 Å². The number of aromatic nitrogens is 1. The van der Waals surface area contributed by atoms with E-state index in [9.17, 15) is 18.0 Å². The first-order valence-corrected chi connectivity index (χ1v) is 9.26. The van der Waals surface area contributed by atoms with E-state index in [0.717, 1.165) is 44.5 Å². The number of carbonyl (C=O) groups excluding carboxylic acids is 1. The standard InChI is InChI=1S/C20H21F3N2O4/c1-14(19(26)29-25-11-3-2-4-12-25)27-16-6-8-17(9-7-16)28-18-10-5-15(13-24-18)20(21,22)23/h5-10,13-14H,2-4,11-12H2,1H3. The Balaban J connectivity index is 1.52. The molecule has 1 aliphatic rings. The van der Waals surface area contributed by atoms with Gasteiger partial charge in [0.15, 0.2) is 6.10 Å². The van der Waals surface area contributed by atoms with Gasteiger partial charge in [0.05, 0.1) is 5.56 Å². The van der Waals surface area contributed by atoms with Crippen molar-refractivity contribution >= 4 is 5.97 Å². The van der Waals surface area contributed by atoms with Gasteiger partial charge in [0.1, 0.15) is 11.5 Å². The molecule has 0 N–H and O–H groups in total. The summed E-state index contributed by atoms with van der Waals surface area (Å²) in [4.78, 5) is 21.1. The predicted octanol–water partition coefficient (Wildman–Crippen LogP) is 4.60. The Hall–Kier alpha value is -2.81. The highest BCUT2D eigenvalue weighted by Crippen LogP contribution is 2.30. The van der Waals surface area contributed by atoms with E-state index >= 15 is 0 Å². The molecule has 1 aromatic heterocycles. The summed E-state index contributed by atoms with van der Waals surface area (Å²) in [5.41, 5.74) is -0.848. The molecule has 2 aromatic rings. The number of halogens is 3. The van der Waals surface area contributed by atoms with Crippen LogP contribution in [0.15, 0.2) is 42.6 Å². The monoisotopic (exact) mass is 410 g/mol. The summed E-state index contributed by atoms with van der Waals surface area (Å²) < 4.78 is 48.7. The van der Waals surface area contributed by atoms with Crippen molar-refractivity contribution in [2.45, 2.75) is 38.5 Å².